The lowest BCUT2D eigenvalue weighted by atomic mass is 9.82. The Hall–Kier alpha value is -4.32. The zero-order valence-electron chi connectivity index (χ0n) is 15.6. The van der Waals surface area contributed by atoms with E-state index in [2.05, 4.69) is 0 Å². The van der Waals surface area contributed by atoms with E-state index in [-0.39, 0.29) is 45.6 Å². The summed E-state index contributed by atoms with van der Waals surface area (Å²) in [7, 11) is 0. The van der Waals surface area contributed by atoms with Gasteiger partial charge in [-0.05, 0) is 17.5 Å². The monoisotopic (exact) mass is 394 g/mol. The Morgan fingerprint density at radius 1 is 0.600 bits per heavy atom. The van der Waals surface area contributed by atoms with Crippen LogP contribution in [0.3, 0.4) is 0 Å². The van der Waals surface area contributed by atoms with Gasteiger partial charge in [0.2, 0.25) is 0 Å². The minimum atomic E-state index is -0.365. The van der Waals surface area contributed by atoms with Gasteiger partial charge in [0.05, 0.1) is 27.9 Å². The van der Waals surface area contributed by atoms with Crippen LogP contribution in [0.1, 0.15) is 31.8 Å². The minimum Gasteiger partial charge on any atom is -0.450 e. The third kappa shape index (κ3) is 1.97. The predicted octanol–water partition coefficient (Wildman–Crippen LogP) is 4.68. The van der Waals surface area contributed by atoms with Gasteiger partial charge in [-0.25, -0.2) is 0 Å². The molecule has 6 heteroatoms. The normalized spacial score (nSPS) is 13.6. The molecule has 0 bridgehead atoms. The van der Waals surface area contributed by atoms with Crippen LogP contribution in [0.15, 0.2) is 60.7 Å². The van der Waals surface area contributed by atoms with Crippen molar-refractivity contribution in [2.24, 2.45) is 0 Å². The Morgan fingerprint density at radius 2 is 1.07 bits per heavy atom. The van der Waals surface area contributed by atoms with E-state index >= 15 is 0 Å². The minimum absolute atomic E-state index is 0.0341. The van der Waals surface area contributed by atoms with E-state index in [4.69, 9.17) is 20.9 Å². The molecule has 0 saturated heterocycles. The van der Waals surface area contributed by atoms with Crippen molar-refractivity contribution in [1.29, 1.82) is 0 Å². The molecular weight excluding hydrogens is 380 g/mol. The molecule has 2 aliphatic rings. The zero-order chi connectivity index (χ0) is 20.6. The molecule has 30 heavy (non-hydrogen) atoms. The maximum absolute atomic E-state index is 13.2. The summed E-state index contributed by atoms with van der Waals surface area (Å²) in [6.45, 7) is 0. The molecule has 4 aromatic rings. The smallest absolute Gasteiger partial charge is 0.196 e. The van der Waals surface area contributed by atoms with Crippen LogP contribution in [-0.4, -0.2) is 11.6 Å². The summed E-state index contributed by atoms with van der Waals surface area (Å²) in [6, 6.07) is 17.8. The molecule has 1 aliphatic heterocycles. The molecule has 0 aromatic heterocycles. The van der Waals surface area contributed by atoms with Crippen molar-refractivity contribution in [3.63, 3.8) is 0 Å². The molecule has 0 saturated carbocycles. The van der Waals surface area contributed by atoms with Crippen molar-refractivity contribution in [2.75, 3.05) is 11.5 Å². The van der Waals surface area contributed by atoms with Crippen molar-refractivity contribution < 1.29 is 19.1 Å². The summed E-state index contributed by atoms with van der Waals surface area (Å²) >= 11 is 0. The maximum atomic E-state index is 13.2. The molecule has 0 spiro atoms. The summed E-state index contributed by atoms with van der Waals surface area (Å²) in [6.07, 6.45) is 0. The van der Waals surface area contributed by atoms with Gasteiger partial charge in [-0.1, -0.05) is 48.5 Å². The summed E-state index contributed by atoms with van der Waals surface area (Å²) in [4.78, 5) is 26.4. The molecule has 0 atom stereocenters. The quantitative estimate of drug-likeness (QED) is 0.286. The summed E-state index contributed by atoms with van der Waals surface area (Å²) in [5.74, 6) is 0.600. The number of fused-ring (bicyclic) bond motifs is 3. The van der Waals surface area contributed by atoms with Crippen LogP contribution in [-0.2, 0) is 0 Å². The van der Waals surface area contributed by atoms with Crippen LogP contribution in [0.5, 0.6) is 23.0 Å². The summed E-state index contributed by atoms with van der Waals surface area (Å²) in [5, 5.41) is 1.67. The zero-order valence-corrected chi connectivity index (χ0v) is 15.6. The Labute approximate surface area is 170 Å². The lowest BCUT2D eigenvalue weighted by Crippen LogP contribution is -2.24. The molecule has 0 fully saturated rings. The topological polar surface area (TPSA) is 105 Å². The third-order valence-electron chi connectivity index (χ3n) is 5.61. The first-order valence-corrected chi connectivity index (χ1v) is 9.37. The molecule has 6 nitrogen and oxygen atoms in total. The summed E-state index contributed by atoms with van der Waals surface area (Å²) in [5.41, 5.74) is 13.6. The molecule has 1 aliphatic carbocycles. The number of hydrogen-bond acceptors (Lipinski definition) is 6. The van der Waals surface area contributed by atoms with Gasteiger partial charge in [-0.15, -0.1) is 0 Å². The van der Waals surface area contributed by atoms with Crippen LogP contribution >= 0.6 is 0 Å². The van der Waals surface area contributed by atoms with Crippen molar-refractivity contribution in [2.45, 2.75) is 0 Å². The van der Waals surface area contributed by atoms with Crippen LogP contribution < -0.4 is 20.9 Å². The van der Waals surface area contributed by atoms with E-state index in [1.54, 1.807) is 36.4 Å². The van der Waals surface area contributed by atoms with Gasteiger partial charge < -0.3 is 20.9 Å². The molecule has 144 valence electrons. The first-order chi connectivity index (χ1) is 14.6. The highest BCUT2D eigenvalue weighted by molar-refractivity contribution is 6.32. The molecular formula is C24H14N2O4. The number of ether oxygens (including phenoxy) is 2. The Balaban J connectivity index is 1.68. The fourth-order valence-electron chi connectivity index (χ4n) is 4.23. The van der Waals surface area contributed by atoms with E-state index in [0.717, 1.165) is 10.8 Å². The van der Waals surface area contributed by atoms with Crippen molar-refractivity contribution >= 4 is 33.7 Å². The average Bonchev–Trinajstić information content (AvgIpc) is 2.94. The Kier molecular flexibility index (Phi) is 3.11. The highest BCUT2D eigenvalue weighted by Gasteiger charge is 2.38. The van der Waals surface area contributed by atoms with E-state index < -0.39 is 0 Å². The number of anilines is 2. The SMILES string of the molecule is Nc1c2c(c(N)c3c1C(=O)c1ccccc1C3=O)Oc1cccc3cccc(c13)O2. The van der Waals surface area contributed by atoms with Gasteiger partial charge in [0.15, 0.2) is 23.1 Å². The largest absolute Gasteiger partial charge is 0.450 e. The number of carbonyl (C=O) groups is 2. The van der Waals surface area contributed by atoms with Crippen LogP contribution in [0, 0.1) is 0 Å². The van der Waals surface area contributed by atoms with Crippen molar-refractivity contribution in [1.82, 2.24) is 0 Å². The lowest BCUT2D eigenvalue weighted by molar-refractivity contribution is 0.0980. The molecule has 6 rings (SSSR count). The molecule has 0 radical (unpaired) electrons. The van der Waals surface area contributed by atoms with E-state index in [1.165, 1.54) is 0 Å². The van der Waals surface area contributed by atoms with Gasteiger partial charge in [0.25, 0.3) is 0 Å². The highest BCUT2D eigenvalue weighted by Crippen LogP contribution is 2.54. The number of carbonyl (C=O) groups excluding carboxylic acids is 2. The van der Waals surface area contributed by atoms with Gasteiger partial charge in [0, 0.05) is 11.1 Å². The molecule has 0 amide bonds. The third-order valence-corrected chi connectivity index (χ3v) is 5.61. The van der Waals surface area contributed by atoms with Crippen molar-refractivity contribution in [3.8, 4) is 23.0 Å². The Bertz CT molecular complexity index is 1350. The lowest BCUT2D eigenvalue weighted by Gasteiger charge is -2.24. The van der Waals surface area contributed by atoms with Gasteiger partial charge in [-0.3, -0.25) is 9.59 Å². The van der Waals surface area contributed by atoms with Gasteiger partial charge in [-0.2, -0.15) is 0 Å². The second-order valence-electron chi connectivity index (χ2n) is 7.25. The standard InChI is InChI=1S/C24H14N2O4/c25-19-17-18(22(28)13-8-2-1-7-12(13)21(17)27)20(26)24-23(19)29-14-9-3-5-11-6-4-10-15(30-24)16(11)14/h1-10H,25-26H2. The van der Waals surface area contributed by atoms with Gasteiger partial charge >= 0.3 is 0 Å². The number of rotatable bonds is 0. The molecule has 4 N–H and O–H groups in total. The predicted molar refractivity (Wildman–Crippen MR) is 113 cm³/mol. The second kappa shape index (κ2) is 5.61. The number of nitrogen functional groups attached to an aromatic ring is 2. The number of ketones is 2. The van der Waals surface area contributed by atoms with Crippen LogP contribution in [0.4, 0.5) is 11.4 Å². The first kappa shape index (κ1) is 16.6. The summed E-state index contributed by atoms with van der Waals surface area (Å²) < 4.78 is 12.3. The van der Waals surface area contributed by atoms with Crippen LogP contribution in [0.2, 0.25) is 0 Å². The fraction of sp³-hybridized carbons (Fsp3) is 0. The second-order valence-corrected chi connectivity index (χ2v) is 7.25. The molecule has 4 aromatic carbocycles. The van der Waals surface area contributed by atoms with Crippen LogP contribution in [0.25, 0.3) is 10.8 Å². The number of benzene rings is 4. The first-order valence-electron chi connectivity index (χ1n) is 9.37. The van der Waals surface area contributed by atoms with Crippen molar-refractivity contribution in [3.05, 3.63) is 82.9 Å². The Morgan fingerprint density at radius 3 is 1.53 bits per heavy atom. The fourth-order valence-corrected chi connectivity index (χ4v) is 4.23. The average molecular weight is 394 g/mol. The molecule has 1 heterocycles. The highest BCUT2D eigenvalue weighted by atomic mass is 16.5. The number of hydrogen-bond donors (Lipinski definition) is 2. The van der Waals surface area contributed by atoms with E-state index in [1.807, 2.05) is 24.3 Å². The van der Waals surface area contributed by atoms with E-state index in [9.17, 15) is 9.59 Å². The maximum Gasteiger partial charge on any atom is 0.196 e. The van der Waals surface area contributed by atoms with Gasteiger partial charge in [0.1, 0.15) is 11.5 Å². The van der Waals surface area contributed by atoms with E-state index in [0.29, 0.717) is 22.6 Å². The molecule has 0 unspecified atom stereocenters. The number of nitrogens with two attached hydrogens (primary N) is 2.